The van der Waals surface area contributed by atoms with Crippen molar-refractivity contribution >= 4 is 5.69 Å². The van der Waals surface area contributed by atoms with E-state index in [1.165, 1.54) is 0 Å². The van der Waals surface area contributed by atoms with Gasteiger partial charge in [-0.05, 0) is 25.5 Å². The van der Waals surface area contributed by atoms with Gasteiger partial charge in [-0.2, -0.15) is 0 Å². The van der Waals surface area contributed by atoms with Gasteiger partial charge in [0.1, 0.15) is 17.1 Å². The number of nitrogen functional groups attached to an aromatic ring is 1. The fraction of sp³-hybridized carbons (Fsp3) is 0.357. The summed E-state index contributed by atoms with van der Waals surface area (Å²) < 4.78 is 8.81. The molecule has 0 fully saturated rings. The van der Waals surface area contributed by atoms with E-state index in [2.05, 4.69) is 6.92 Å². The number of anilines is 1. The van der Waals surface area contributed by atoms with Crippen LogP contribution in [0.3, 0.4) is 0 Å². The molecule has 1 aromatic carbocycles. The molecule has 0 aliphatic rings. The smallest absolute Gasteiger partial charge is 0.294 e. The van der Waals surface area contributed by atoms with E-state index in [0.29, 0.717) is 17.1 Å². The van der Waals surface area contributed by atoms with Gasteiger partial charge < -0.3 is 10.5 Å². The molecule has 0 radical (unpaired) electrons. The number of rotatable bonds is 4. The molecular weight excluding hydrogens is 242 g/mol. The predicted octanol–water partition coefficient (Wildman–Crippen LogP) is 1.95. The van der Waals surface area contributed by atoms with E-state index in [4.69, 9.17) is 10.5 Å². The van der Waals surface area contributed by atoms with Crippen molar-refractivity contribution in [2.24, 2.45) is 0 Å². The minimum atomic E-state index is -0.199. The lowest BCUT2D eigenvalue weighted by atomic mass is 10.3. The highest BCUT2D eigenvalue weighted by atomic mass is 16.5. The van der Waals surface area contributed by atoms with Gasteiger partial charge in [0.25, 0.3) is 5.56 Å². The third kappa shape index (κ3) is 2.12. The molecular formula is C14H19N3O2. The summed E-state index contributed by atoms with van der Waals surface area (Å²) in [5.74, 6) is 0.652. The van der Waals surface area contributed by atoms with Gasteiger partial charge in [0.05, 0.1) is 12.8 Å². The Hall–Kier alpha value is -2.17. The van der Waals surface area contributed by atoms with Crippen LogP contribution in [-0.4, -0.2) is 16.5 Å². The average molecular weight is 261 g/mol. The fourth-order valence-corrected chi connectivity index (χ4v) is 2.19. The molecule has 0 spiro atoms. The maximum atomic E-state index is 12.3. The first-order chi connectivity index (χ1) is 9.11. The van der Waals surface area contributed by atoms with Gasteiger partial charge in [0, 0.05) is 6.54 Å². The van der Waals surface area contributed by atoms with E-state index >= 15 is 0 Å². The molecule has 0 amide bonds. The van der Waals surface area contributed by atoms with Gasteiger partial charge in [-0.25, -0.2) is 4.68 Å². The quantitative estimate of drug-likeness (QED) is 0.915. The van der Waals surface area contributed by atoms with E-state index in [9.17, 15) is 4.79 Å². The van der Waals surface area contributed by atoms with Gasteiger partial charge in [-0.3, -0.25) is 9.48 Å². The van der Waals surface area contributed by atoms with Crippen molar-refractivity contribution in [2.45, 2.75) is 26.8 Å². The number of ether oxygens (including phenoxy) is 1. The topological polar surface area (TPSA) is 62.2 Å². The molecule has 5 heteroatoms. The lowest BCUT2D eigenvalue weighted by Crippen LogP contribution is -2.23. The van der Waals surface area contributed by atoms with Gasteiger partial charge in [0.15, 0.2) is 0 Å². The highest BCUT2D eigenvalue weighted by molar-refractivity contribution is 5.50. The fourth-order valence-electron chi connectivity index (χ4n) is 2.19. The first-order valence-electron chi connectivity index (χ1n) is 6.33. The molecule has 5 nitrogen and oxygen atoms in total. The summed E-state index contributed by atoms with van der Waals surface area (Å²) in [5, 5.41) is 0. The Balaban J connectivity index is 2.74. The predicted molar refractivity (Wildman–Crippen MR) is 76.0 cm³/mol. The summed E-state index contributed by atoms with van der Waals surface area (Å²) >= 11 is 0. The minimum absolute atomic E-state index is 0.199. The van der Waals surface area contributed by atoms with Crippen LogP contribution in [-0.2, 0) is 6.54 Å². The molecule has 1 heterocycles. The number of hydrogen-bond acceptors (Lipinski definition) is 3. The van der Waals surface area contributed by atoms with Gasteiger partial charge in [0.2, 0.25) is 0 Å². The van der Waals surface area contributed by atoms with Crippen LogP contribution in [0.2, 0.25) is 0 Å². The van der Waals surface area contributed by atoms with Crippen molar-refractivity contribution in [1.29, 1.82) is 0 Å². The zero-order valence-corrected chi connectivity index (χ0v) is 11.5. The van der Waals surface area contributed by atoms with E-state index in [1.807, 2.05) is 35.9 Å². The largest absolute Gasteiger partial charge is 0.494 e. The zero-order valence-electron chi connectivity index (χ0n) is 11.5. The summed E-state index contributed by atoms with van der Waals surface area (Å²) in [4.78, 5) is 12.3. The van der Waals surface area contributed by atoms with Crippen LogP contribution < -0.4 is 16.0 Å². The Morgan fingerprint density at radius 1 is 1.32 bits per heavy atom. The molecule has 0 bridgehead atoms. The van der Waals surface area contributed by atoms with E-state index in [-0.39, 0.29) is 5.56 Å². The van der Waals surface area contributed by atoms with Crippen LogP contribution in [0.4, 0.5) is 5.69 Å². The molecule has 2 rings (SSSR count). The summed E-state index contributed by atoms with van der Waals surface area (Å²) in [7, 11) is 1.59. The number of nitrogens with zero attached hydrogens (tertiary/aromatic N) is 2. The number of benzene rings is 1. The van der Waals surface area contributed by atoms with Gasteiger partial charge in [-0.1, -0.05) is 19.1 Å². The standard InChI is InChI=1S/C14H19N3O2/c1-4-9-16-10(2)13(15)14(18)17(16)11-7-5-6-8-12(11)19-3/h5-8H,4,9,15H2,1-3H3. The highest BCUT2D eigenvalue weighted by Crippen LogP contribution is 2.22. The molecule has 0 saturated carbocycles. The van der Waals surface area contributed by atoms with Crippen LogP contribution in [0, 0.1) is 6.92 Å². The van der Waals surface area contributed by atoms with Crippen LogP contribution >= 0.6 is 0 Å². The second-order valence-corrected chi connectivity index (χ2v) is 4.41. The maximum absolute atomic E-state index is 12.3. The third-order valence-electron chi connectivity index (χ3n) is 3.19. The lowest BCUT2D eigenvalue weighted by molar-refractivity contribution is 0.406. The molecule has 0 aliphatic carbocycles. The second-order valence-electron chi connectivity index (χ2n) is 4.41. The average Bonchev–Trinajstić information content (AvgIpc) is 2.64. The Bertz CT molecular complexity index is 641. The SMILES string of the molecule is CCCn1c(C)c(N)c(=O)n1-c1ccccc1OC. The normalized spacial score (nSPS) is 10.7. The molecule has 2 N–H and O–H groups in total. The van der Waals surface area contributed by atoms with Crippen molar-refractivity contribution in [3.05, 3.63) is 40.3 Å². The van der Waals surface area contributed by atoms with Gasteiger partial charge >= 0.3 is 0 Å². The Morgan fingerprint density at radius 3 is 2.63 bits per heavy atom. The zero-order chi connectivity index (χ0) is 14.0. The van der Waals surface area contributed by atoms with Crippen molar-refractivity contribution < 1.29 is 4.74 Å². The van der Waals surface area contributed by atoms with Crippen LogP contribution in [0.1, 0.15) is 19.0 Å². The van der Waals surface area contributed by atoms with Crippen LogP contribution in [0.25, 0.3) is 5.69 Å². The van der Waals surface area contributed by atoms with Crippen molar-refractivity contribution in [3.8, 4) is 11.4 Å². The molecule has 0 aliphatic heterocycles. The van der Waals surface area contributed by atoms with Crippen molar-refractivity contribution in [2.75, 3.05) is 12.8 Å². The maximum Gasteiger partial charge on any atom is 0.294 e. The molecule has 19 heavy (non-hydrogen) atoms. The Labute approximate surface area is 112 Å². The number of hydrogen-bond donors (Lipinski definition) is 1. The van der Waals surface area contributed by atoms with Gasteiger partial charge in [-0.15, -0.1) is 0 Å². The molecule has 1 aromatic heterocycles. The molecule has 102 valence electrons. The summed E-state index contributed by atoms with van der Waals surface area (Å²) in [6.07, 6.45) is 0.920. The van der Waals surface area contributed by atoms with Crippen LogP contribution in [0.15, 0.2) is 29.1 Å². The number of nitrogens with two attached hydrogens (primary N) is 1. The number of para-hydroxylation sites is 2. The first kappa shape index (κ1) is 13.3. The number of methoxy groups -OCH3 is 1. The van der Waals surface area contributed by atoms with Crippen LogP contribution in [0.5, 0.6) is 5.75 Å². The molecule has 0 atom stereocenters. The minimum Gasteiger partial charge on any atom is -0.494 e. The Morgan fingerprint density at radius 2 is 2.00 bits per heavy atom. The third-order valence-corrected chi connectivity index (χ3v) is 3.19. The molecule has 2 aromatic rings. The highest BCUT2D eigenvalue weighted by Gasteiger charge is 2.17. The second kappa shape index (κ2) is 5.22. The Kier molecular flexibility index (Phi) is 3.64. The van der Waals surface area contributed by atoms with E-state index in [1.54, 1.807) is 11.8 Å². The summed E-state index contributed by atoms with van der Waals surface area (Å²) in [6, 6.07) is 7.43. The van der Waals surface area contributed by atoms with E-state index < -0.39 is 0 Å². The molecule has 0 unspecified atom stereocenters. The molecule has 0 saturated heterocycles. The van der Waals surface area contributed by atoms with Crippen molar-refractivity contribution in [1.82, 2.24) is 9.36 Å². The monoisotopic (exact) mass is 261 g/mol. The number of aromatic nitrogens is 2. The van der Waals surface area contributed by atoms with Crippen molar-refractivity contribution in [3.63, 3.8) is 0 Å². The summed E-state index contributed by atoms with van der Waals surface area (Å²) in [6.45, 7) is 4.65. The summed E-state index contributed by atoms with van der Waals surface area (Å²) in [5.41, 5.74) is 7.46. The van der Waals surface area contributed by atoms with E-state index in [0.717, 1.165) is 18.7 Å². The first-order valence-corrected chi connectivity index (χ1v) is 6.33. The lowest BCUT2D eigenvalue weighted by Gasteiger charge is -2.14.